The van der Waals surface area contributed by atoms with Crippen LogP contribution in [0.15, 0.2) is 11.2 Å². The topological polar surface area (TPSA) is 67.2 Å². The second-order valence-corrected chi connectivity index (χ2v) is 6.49. The highest BCUT2D eigenvalue weighted by Crippen LogP contribution is 2.26. The van der Waals surface area contributed by atoms with E-state index < -0.39 is 10.0 Å². The monoisotopic (exact) mass is 292 g/mol. The fourth-order valence-corrected chi connectivity index (χ4v) is 4.58. The molecule has 1 aromatic heterocycles. The van der Waals surface area contributed by atoms with Gasteiger partial charge < -0.3 is 5.32 Å². The van der Waals surface area contributed by atoms with Gasteiger partial charge in [0.15, 0.2) is 5.03 Å². The third-order valence-corrected chi connectivity index (χ3v) is 5.68. The number of sulfonamides is 1. The van der Waals surface area contributed by atoms with Gasteiger partial charge in [-0.25, -0.2) is 8.42 Å². The van der Waals surface area contributed by atoms with Crippen molar-refractivity contribution in [3.05, 3.63) is 11.2 Å². The Morgan fingerprint density at radius 1 is 1.67 bits per heavy atom. The van der Waals surface area contributed by atoms with Crippen LogP contribution in [0.4, 0.5) is 0 Å². The van der Waals surface area contributed by atoms with Gasteiger partial charge in [-0.3, -0.25) is 4.68 Å². The molecule has 0 amide bonds. The summed E-state index contributed by atoms with van der Waals surface area (Å²) in [5.74, 6) is 0. The van der Waals surface area contributed by atoms with Crippen LogP contribution in [0.3, 0.4) is 0 Å². The first kappa shape index (κ1) is 13.8. The molecule has 0 spiro atoms. The second-order valence-electron chi connectivity index (χ2n) is 4.28. The maximum absolute atomic E-state index is 12.6. The summed E-state index contributed by atoms with van der Waals surface area (Å²) in [7, 11) is -2.01. The van der Waals surface area contributed by atoms with Crippen molar-refractivity contribution in [2.24, 2.45) is 7.05 Å². The van der Waals surface area contributed by atoms with Crippen molar-refractivity contribution in [1.29, 1.82) is 0 Å². The van der Waals surface area contributed by atoms with Gasteiger partial charge in [0.05, 0.1) is 11.2 Å². The third-order valence-electron chi connectivity index (χ3n) is 3.15. The van der Waals surface area contributed by atoms with E-state index in [1.165, 1.54) is 15.2 Å². The lowest BCUT2D eigenvalue weighted by molar-refractivity contribution is 0.345. The molecule has 8 heteroatoms. The minimum Gasteiger partial charge on any atom is -0.315 e. The minimum absolute atomic E-state index is 0.00836. The Hall–Kier alpha value is -0.630. The average molecular weight is 293 g/mol. The van der Waals surface area contributed by atoms with Crippen LogP contribution in [0.2, 0.25) is 5.02 Å². The molecule has 1 aliphatic rings. The first-order valence-electron chi connectivity index (χ1n) is 5.88. The maximum atomic E-state index is 12.6. The molecule has 1 N–H and O–H groups in total. The molecule has 1 aromatic rings. The number of halogens is 1. The molecule has 2 heterocycles. The molecule has 6 nitrogen and oxygen atoms in total. The van der Waals surface area contributed by atoms with Gasteiger partial charge in [-0.15, -0.1) is 0 Å². The lowest BCUT2D eigenvalue weighted by atomic mass is 10.3. The number of hydrogen-bond acceptors (Lipinski definition) is 4. The van der Waals surface area contributed by atoms with E-state index in [0.717, 1.165) is 13.0 Å². The number of aromatic nitrogens is 2. The highest BCUT2D eigenvalue weighted by atomic mass is 35.5. The van der Waals surface area contributed by atoms with E-state index in [9.17, 15) is 8.42 Å². The molecule has 1 fully saturated rings. The molecule has 1 unspecified atom stereocenters. The Morgan fingerprint density at radius 3 is 2.83 bits per heavy atom. The number of aryl methyl sites for hydroxylation is 1. The molecule has 0 saturated carbocycles. The molecule has 0 aliphatic carbocycles. The van der Waals surface area contributed by atoms with Gasteiger partial charge in [0, 0.05) is 26.2 Å². The number of nitrogens with zero attached hydrogens (tertiary/aromatic N) is 3. The Kier molecular flexibility index (Phi) is 3.96. The van der Waals surface area contributed by atoms with Crippen molar-refractivity contribution in [2.75, 3.05) is 19.6 Å². The van der Waals surface area contributed by atoms with Crippen LogP contribution in [0.5, 0.6) is 0 Å². The molecule has 0 aromatic carbocycles. The van der Waals surface area contributed by atoms with Gasteiger partial charge in [0.1, 0.15) is 0 Å². The van der Waals surface area contributed by atoms with Crippen LogP contribution in [-0.2, 0) is 17.1 Å². The lowest BCUT2D eigenvalue weighted by Gasteiger charge is -2.26. The summed E-state index contributed by atoms with van der Waals surface area (Å²) in [6, 6.07) is -0.00836. The number of hydrogen-bond donors (Lipinski definition) is 1. The molecule has 102 valence electrons. The van der Waals surface area contributed by atoms with E-state index in [1.807, 2.05) is 6.92 Å². The van der Waals surface area contributed by atoms with Crippen molar-refractivity contribution in [3.63, 3.8) is 0 Å². The summed E-state index contributed by atoms with van der Waals surface area (Å²) >= 11 is 5.93. The van der Waals surface area contributed by atoms with Crippen LogP contribution in [0.1, 0.15) is 13.3 Å². The number of likely N-dealkylation sites (N-methyl/N-ethyl adjacent to an activating group) is 1. The highest BCUT2D eigenvalue weighted by Gasteiger charge is 2.35. The fraction of sp³-hybridized carbons (Fsp3) is 0.700. The summed E-state index contributed by atoms with van der Waals surface area (Å²) in [6.45, 7) is 3.79. The molecular weight excluding hydrogens is 276 g/mol. The van der Waals surface area contributed by atoms with Crippen molar-refractivity contribution >= 4 is 21.6 Å². The van der Waals surface area contributed by atoms with Gasteiger partial charge in [0.2, 0.25) is 0 Å². The standard InChI is InChI=1S/C10H17ClN4O2S/c1-3-15(8-4-5-12-6-8)18(16,17)10-9(11)7-13-14(10)2/h7-8,12H,3-6H2,1-2H3. The van der Waals surface area contributed by atoms with Gasteiger partial charge in [-0.1, -0.05) is 18.5 Å². The molecule has 0 bridgehead atoms. The summed E-state index contributed by atoms with van der Waals surface area (Å²) < 4.78 is 28.0. The summed E-state index contributed by atoms with van der Waals surface area (Å²) in [5, 5.41) is 7.30. The first-order valence-corrected chi connectivity index (χ1v) is 7.70. The van der Waals surface area contributed by atoms with E-state index in [2.05, 4.69) is 10.4 Å². The predicted molar refractivity (Wildman–Crippen MR) is 69.1 cm³/mol. The predicted octanol–water partition coefficient (Wildman–Crippen LogP) is 0.446. The van der Waals surface area contributed by atoms with Crippen molar-refractivity contribution in [3.8, 4) is 0 Å². The quantitative estimate of drug-likeness (QED) is 0.875. The van der Waals surface area contributed by atoms with E-state index in [4.69, 9.17) is 11.6 Å². The van der Waals surface area contributed by atoms with E-state index in [1.54, 1.807) is 7.05 Å². The minimum atomic E-state index is -3.59. The van der Waals surface area contributed by atoms with Crippen LogP contribution < -0.4 is 5.32 Å². The zero-order valence-corrected chi connectivity index (χ0v) is 12.0. The van der Waals surface area contributed by atoms with Gasteiger partial charge in [-0.2, -0.15) is 9.40 Å². The lowest BCUT2D eigenvalue weighted by Crippen LogP contribution is -2.42. The summed E-state index contributed by atoms with van der Waals surface area (Å²) in [5.41, 5.74) is 0. The molecule has 2 rings (SSSR count). The summed E-state index contributed by atoms with van der Waals surface area (Å²) in [6.07, 6.45) is 2.18. The fourth-order valence-electron chi connectivity index (χ4n) is 2.31. The van der Waals surface area contributed by atoms with Crippen molar-refractivity contribution in [2.45, 2.75) is 24.4 Å². The van der Waals surface area contributed by atoms with Crippen molar-refractivity contribution < 1.29 is 8.42 Å². The van der Waals surface area contributed by atoms with Gasteiger partial charge in [0.25, 0.3) is 10.0 Å². The zero-order chi connectivity index (χ0) is 13.3. The molecule has 1 saturated heterocycles. The number of rotatable bonds is 4. The highest BCUT2D eigenvalue weighted by molar-refractivity contribution is 7.89. The normalized spacial score (nSPS) is 20.8. The van der Waals surface area contributed by atoms with Crippen molar-refractivity contribution in [1.82, 2.24) is 19.4 Å². The molecular formula is C10H17ClN4O2S. The largest absolute Gasteiger partial charge is 0.315 e. The van der Waals surface area contributed by atoms with Crippen LogP contribution in [-0.4, -0.2) is 48.2 Å². The molecule has 18 heavy (non-hydrogen) atoms. The Balaban J connectivity index is 2.40. The van der Waals surface area contributed by atoms with E-state index in [0.29, 0.717) is 13.1 Å². The Morgan fingerprint density at radius 2 is 2.39 bits per heavy atom. The zero-order valence-electron chi connectivity index (χ0n) is 10.4. The van der Waals surface area contributed by atoms with Crippen LogP contribution in [0.25, 0.3) is 0 Å². The van der Waals surface area contributed by atoms with Gasteiger partial charge >= 0.3 is 0 Å². The molecule has 0 radical (unpaired) electrons. The van der Waals surface area contributed by atoms with Gasteiger partial charge in [-0.05, 0) is 13.0 Å². The third kappa shape index (κ3) is 2.27. The molecule has 1 aliphatic heterocycles. The van der Waals surface area contributed by atoms with E-state index >= 15 is 0 Å². The van der Waals surface area contributed by atoms with Crippen LogP contribution in [0, 0.1) is 0 Å². The van der Waals surface area contributed by atoms with Crippen LogP contribution >= 0.6 is 11.6 Å². The van der Waals surface area contributed by atoms with E-state index in [-0.39, 0.29) is 16.1 Å². The Bertz CT molecular complexity index is 502. The first-order chi connectivity index (χ1) is 8.48. The average Bonchev–Trinajstić information content (AvgIpc) is 2.90. The maximum Gasteiger partial charge on any atom is 0.262 e. The number of nitrogens with one attached hydrogen (secondary N) is 1. The second kappa shape index (κ2) is 5.16. The Labute approximate surface area is 112 Å². The molecule has 1 atom stereocenters. The smallest absolute Gasteiger partial charge is 0.262 e. The SMILES string of the molecule is CCN(C1CCNC1)S(=O)(=O)c1c(Cl)cnn1C. The summed E-state index contributed by atoms with van der Waals surface area (Å²) in [4.78, 5) is 0.